The minimum atomic E-state index is -4.17. The number of likely N-dealkylation sites (tertiary alicyclic amines) is 1. The van der Waals surface area contributed by atoms with Crippen LogP contribution in [0, 0.1) is 6.92 Å². The van der Waals surface area contributed by atoms with E-state index in [2.05, 4.69) is 15.6 Å². The van der Waals surface area contributed by atoms with Gasteiger partial charge in [-0.1, -0.05) is 12.1 Å². The van der Waals surface area contributed by atoms with Crippen molar-refractivity contribution in [2.75, 3.05) is 47.0 Å². The van der Waals surface area contributed by atoms with E-state index in [-0.39, 0.29) is 6.04 Å². The molecule has 29 heavy (non-hydrogen) atoms. The van der Waals surface area contributed by atoms with Crippen LogP contribution >= 0.6 is 0 Å². The van der Waals surface area contributed by atoms with E-state index in [1.54, 1.807) is 14.2 Å². The number of alkyl halides is 3. The van der Waals surface area contributed by atoms with E-state index in [9.17, 15) is 13.2 Å². The highest BCUT2D eigenvalue weighted by Gasteiger charge is 2.34. The molecular weight excluding hydrogens is 385 g/mol. The first-order chi connectivity index (χ1) is 13.8. The molecule has 1 atom stereocenters. The molecule has 0 aromatic heterocycles. The number of rotatable bonds is 9. The minimum Gasteiger partial charge on any atom is -0.493 e. The van der Waals surface area contributed by atoms with Gasteiger partial charge in [0.2, 0.25) is 0 Å². The van der Waals surface area contributed by atoms with Crippen LogP contribution in [-0.4, -0.2) is 70.1 Å². The molecule has 9 heteroatoms. The number of guanidine groups is 1. The van der Waals surface area contributed by atoms with Crippen molar-refractivity contribution in [2.45, 2.75) is 38.5 Å². The summed E-state index contributed by atoms with van der Waals surface area (Å²) in [5, 5.41) is 6.45. The molecule has 1 aromatic rings. The summed E-state index contributed by atoms with van der Waals surface area (Å²) >= 11 is 0. The van der Waals surface area contributed by atoms with Gasteiger partial charge in [0.15, 0.2) is 5.96 Å². The van der Waals surface area contributed by atoms with Crippen LogP contribution in [0.4, 0.5) is 13.2 Å². The van der Waals surface area contributed by atoms with Gasteiger partial charge in [0.05, 0.1) is 13.2 Å². The second kappa shape index (κ2) is 11.3. The van der Waals surface area contributed by atoms with Crippen molar-refractivity contribution in [3.63, 3.8) is 0 Å². The van der Waals surface area contributed by atoms with Crippen molar-refractivity contribution in [3.8, 4) is 5.75 Å². The molecule has 0 spiro atoms. The highest BCUT2D eigenvalue weighted by atomic mass is 19.4. The van der Waals surface area contributed by atoms with E-state index in [4.69, 9.17) is 9.47 Å². The fraction of sp³-hybridized carbons (Fsp3) is 0.650. The Morgan fingerprint density at radius 1 is 1.31 bits per heavy atom. The number of hydrogen-bond acceptors (Lipinski definition) is 4. The smallest absolute Gasteiger partial charge is 0.401 e. The monoisotopic (exact) mass is 416 g/mol. The van der Waals surface area contributed by atoms with Crippen molar-refractivity contribution in [1.82, 2.24) is 15.5 Å². The maximum Gasteiger partial charge on any atom is 0.401 e. The van der Waals surface area contributed by atoms with Crippen molar-refractivity contribution in [2.24, 2.45) is 4.99 Å². The van der Waals surface area contributed by atoms with Gasteiger partial charge in [-0.05, 0) is 25.0 Å². The van der Waals surface area contributed by atoms with Crippen LogP contribution in [-0.2, 0) is 11.3 Å². The SMILES string of the molecule is CN=C(NCc1ccc(C)cc1OCCCOC)NC1CCN(CC(F)(F)F)C1. The number of aryl methyl sites for hydroxylation is 1. The van der Waals surface area contributed by atoms with Crippen LogP contribution < -0.4 is 15.4 Å². The van der Waals surface area contributed by atoms with E-state index < -0.39 is 12.7 Å². The van der Waals surface area contributed by atoms with Crippen LogP contribution in [0.5, 0.6) is 5.75 Å². The zero-order valence-corrected chi connectivity index (χ0v) is 17.3. The lowest BCUT2D eigenvalue weighted by molar-refractivity contribution is -0.143. The van der Waals surface area contributed by atoms with E-state index in [1.165, 1.54) is 4.90 Å². The summed E-state index contributed by atoms with van der Waals surface area (Å²) in [6.45, 7) is 3.61. The summed E-state index contributed by atoms with van der Waals surface area (Å²) in [5.41, 5.74) is 2.09. The molecule has 0 amide bonds. The zero-order chi connectivity index (χ0) is 21.3. The van der Waals surface area contributed by atoms with Gasteiger partial charge in [0, 0.05) is 58.4 Å². The van der Waals surface area contributed by atoms with Crippen LogP contribution in [0.2, 0.25) is 0 Å². The Morgan fingerprint density at radius 2 is 2.10 bits per heavy atom. The number of aliphatic imine (C=N–C) groups is 1. The Bertz CT molecular complexity index is 668. The number of benzene rings is 1. The van der Waals surface area contributed by atoms with Gasteiger partial charge in [-0.25, -0.2) is 0 Å². The van der Waals surface area contributed by atoms with Gasteiger partial charge in [0.1, 0.15) is 5.75 Å². The number of nitrogens with zero attached hydrogens (tertiary/aromatic N) is 2. The summed E-state index contributed by atoms with van der Waals surface area (Å²) < 4.78 is 48.6. The van der Waals surface area contributed by atoms with Crippen LogP contribution in [0.25, 0.3) is 0 Å². The number of nitrogens with one attached hydrogen (secondary N) is 2. The molecule has 2 rings (SSSR count). The van der Waals surface area contributed by atoms with E-state index in [0.29, 0.717) is 45.2 Å². The van der Waals surface area contributed by atoms with E-state index in [1.807, 2.05) is 25.1 Å². The molecule has 1 fully saturated rings. The Morgan fingerprint density at radius 3 is 2.79 bits per heavy atom. The molecule has 1 heterocycles. The lowest BCUT2D eigenvalue weighted by Gasteiger charge is -2.20. The topological polar surface area (TPSA) is 58.1 Å². The molecule has 6 nitrogen and oxygen atoms in total. The van der Waals surface area contributed by atoms with Gasteiger partial charge >= 0.3 is 6.18 Å². The summed E-state index contributed by atoms with van der Waals surface area (Å²) in [5.74, 6) is 1.37. The van der Waals surface area contributed by atoms with Crippen molar-refractivity contribution >= 4 is 5.96 Å². The molecule has 1 unspecified atom stereocenters. The fourth-order valence-electron chi connectivity index (χ4n) is 3.24. The third kappa shape index (κ3) is 8.49. The number of ether oxygens (including phenoxy) is 2. The molecule has 164 valence electrons. The number of hydrogen-bond donors (Lipinski definition) is 2. The maximum atomic E-state index is 12.6. The van der Waals surface area contributed by atoms with Crippen molar-refractivity contribution in [3.05, 3.63) is 29.3 Å². The maximum absolute atomic E-state index is 12.6. The third-order valence-electron chi connectivity index (χ3n) is 4.66. The number of methoxy groups -OCH3 is 1. The van der Waals surface area contributed by atoms with Gasteiger partial charge < -0.3 is 20.1 Å². The Labute approximate surface area is 170 Å². The standard InChI is InChI=1S/C20H31F3N4O2/c1-15-5-6-16(18(11-15)29-10-4-9-28-3)12-25-19(24-2)26-17-7-8-27(13-17)14-20(21,22)23/h5-6,11,17H,4,7-10,12-14H2,1-3H3,(H2,24,25,26). The van der Waals surface area contributed by atoms with Gasteiger partial charge in [-0.2, -0.15) is 13.2 Å². The fourth-order valence-corrected chi connectivity index (χ4v) is 3.24. The Balaban J connectivity index is 1.86. The first kappa shape index (κ1) is 23.3. The molecule has 0 bridgehead atoms. The van der Waals surface area contributed by atoms with E-state index in [0.717, 1.165) is 23.3 Å². The first-order valence-corrected chi connectivity index (χ1v) is 9.78. The second-order valence-corrected chi connectivity index (χ2v) is 7.21. The molecule has 2 N–H and O–H groups in total. The van der Waals surface area contributed by atoms with E-state index >= 15 is 0 Å². The molecule has 0 saturated carbocycles. The first-order valence-electron chi connectivity index (χ1n) is 9.78. The quantitative estimate of drug-likeness (QED) is 0.368. The highest BCUT2D eigenvalue weighted by molar-refractivity contribution is 5.80. The summed E-state index contributed by atoms with van der Waals surface area (Å²) in [4.78, 5) is 5.61. The highest BCUT2D eigenvalue weighted by Crippen LogP contribution is 2.21. The number of halogens is 3. The average Bonchev–Trinajstić information content (AvgIpc) is 3.08. The Hall–Kier alpha value is -2.00. The summed E-state index contributed by atoms with van der Waals surface area (Å²) in [6, 6.07) is 5.95. The Kier molecular flexibility index (Phi) is 9.03. The molecule has 1 aromatic carbocycles. The zero-order valence-electron chi connectivity index (χ0n) is 17.3. The van der Waals surface area contributed by atoms with Crippen LogP contribution in [0.3, 0.4) is 0 Å². The molecule has 1 saturated heterocycles. The molecular formula is C20H31F3N4O2. The summed E-state index contributed by atoms with van der Waals surface area (Å²) in [7, 11) is 3.31. The van der Waals surface area contributed by atoms with Crippen LogP contribution in [0.15, 0.2) is 23.2 Å². The molecule has 0 radical (unpaired) electrons. The molecule has 0 aliphatic carbocycles. The van der Waals surface area contributed by atoms with Crippen molar-refractivity contribution < 1.29 is 22.6 Å². The van der Waals surface area contributed by atoms with Gasteiger partial charge in [-0.3, -0.25) is 9.89 Å². The summed E-state index contributed by atoms with van der Waals surface area (Å²) in [6.07, 6.45) is -2.72. The largest absolute Gasteiger partial charge is 0.493 e. The normalized spacial score (nSPS) is 18.1. The second-order valence-electron chi connectivity index (χ2n) is 7.21. The predicted molar refractivity (Wildman–Crippen MR) is 107 cm³/mol. The van der Waals surface area contributed by atoms with Gasteiger partial charge in [0.25, 0.3) is 0 Å². The lowest BCUT2D eigenvalue weighted by Crippen LogP contribution is -2.44. The average molecular weight is 416 g/mol. The lowest BCUT2D eigenvalue weighted by atomic mass is 10.1. The van der Waals surface area contributed by atoms with Gasteiger partial charge in [-0.15, -0.1) is 0 Å². The molecule has 1 aliphatic rings. The van der Waals surface area contributed by atoms with Crippen LogP contribution in [0.1, 0.15) is 24.0 Å². The van der Waals surface area contributed by atoms with Crippen molar-refractivity contribution in [1.29, 1.82) is 0 Å². The predicted octanol–water partition coefficient (Wildman–Crippen LogP) is 2.71. The minimum absolute atomic E-state index is 0.0636. The third-order valence-corrected chi connectivity index (χ3v) is 4.66. The molecule has 1 aliphatic heterocycles.